The van der Waals surface area contributed by atoms with Gasteiger partial charge < -0.3 is 0 Å². The summed E-state index contributed by atoms with van der Waals surface area (Å²) in [6.45, 7) is 2.72. The van der Waals surface area contributed by atoms with Gasteiger partial charge in [0.25, 0.3) is 0 Å². The van der Waals surface area contributed by atoms with E-state index in [1.165, 1.54) is 0 Å². The summed E-state index contributed by atoms with van der Waals surface area (Å²) in [5, 5.41) is 1.40. The van der Waals surface area contributed by atoms with Crippen LogP contribution in [0.4, 0.5) is 5.69 Å². The van der Waals surface area contributed by atoms with E-state index < -0.39 is 0 Å². The minimum atomic E-state index is -0.347. The van der Waals surface area contributed by atoms with Crippen LogP contribution in [0.1, 0.15) is 12.5 Å². The number of nitrogens with zero attached hydrogens (tertiary/aromatic N) is 2. The number of anilines is 1. The van der Waals surface area contributed by atoms with Gasteiger partial charge in [0.05, 0.1) is 12.1 Å². The zero-order valence-corrected chi connectivity index (χ0v) is 13.6. The Hall–Kier alpha value is -1.75. The Morgan fingerprint density at radius 1 is 1.05 bits per heavy atom. The van der Waals surface area contributed by atoms with E-state index in [4.69, 9.17) is 29.0 Å². The fraction of sp³-hybridized carbons (Fsp3) is 0.188. The Morgan fingerprint density at radius 3 is 2.14 bits per heavy atom. The van der Waals surface area contributed by atoms with Crippen LogP contribution in [0.15, 0.2) is 53.5 Å². The Kier molecular flexibility index (Phi) is 4.00. The predicted octanol–water partition coefficient (Wildman–Crippen LogP) is 3.55. The lowest BCUT2D eigenvalue weighted by Gasteiger charge is -2.37. The first-order valence-electron chi connectivity index (χ1n) is 6.87. The molecule has 4 nitrogen and oxygen atoms in total. The topological polar surface area (TPSA) is 53.6 Å². The number of hydrogen-bond acceptors (Lipinski definition) is 4. The average molecular weight is 335 g/mol. The van der Waals surface area contributed by atoms with Crippen LogP contribution in [-0.2, 0) is 5.54 Å². The molecule has 0 bridgehead atoms. The molecular formula is C16H16Cl2N4. The zero-order valence-electron chi connectivity index (χ0n) is 12.1. The standard InChI is InChI=1S/C16H16Cl2N4/c1-16(11-2-4-12(17)5-3-11)10-20-15(21-19)22(16)14-8-6-13(18)7-9-14/h2-9H,10,19H2,1H3,(H,20,21). The van der Waals surface area contributed by atoms with E-state index in [0.717, 1.165) is 11.3 Å². The van der Waals surface area contributed by atoms with Gasteiger partial charge in [0, 0.05) is 15.7 Å². The normalized spacial score (nSPS) is 20.9. The summed E-state index contributed by atoms with van der Waals surface area (Å²) in [7, 11) is 0. The summed E-state index contributed by atoms with van der Waals surface area (Å²) in [4.78, 5) is 6.60. The summed E-state index contributed by atoms with van der Waals surface area (Å²) < 4.78 is 0. The molecule has 2 aromatic carbocycles. The number of aliphatic imine (C=N–C) groups is 1. The summed E-state index contributed by atoms with van der Waals surface area (Å²) in [5.41, 5.74) is 4.41. The van der Waals surface area contributed by atoms with E-state index in [1.54, 1.807) is 0 Å². The van der Waals surface area contributed by atoms with Crippen molar-refractivity contribution in [3.8, 4) is 0 Å². The monoisotopic (exact) mass is 334 g/mol. The molecule has 6 heteroatoms. The maximum Gasteiger partial charge on any atom is 0.213 e. The lowest BCUT2D eigenvalue weighted by atomic mass is 9.90. The van der Waals surface area contributed by atoms with E-state index in [1.807, 2.05) is 48.5 Å². The van der Waals surface area contributed by atoms with E-state index in [2.05, 4.69) is 22.2 Å². The third-order valence-corrected chi connectivity index (χ3v) is 4.43. The molecule has 0 fully saturated rings. The first-order valence-corrected chi connectivity index (χ1v) is 7.63. The van der Waals surface area contributed by atoms with Crippen LogP contribution in [0.3, 0.4) is 0 Å². The van der Waals surface area contributed by atoms with Crippen molar-refractivity contribution in [1.29, 1.82) is 0 Å². The number of rotatable bonds is 2. The fourth-order valence-corrected chi connectivity index (χ4v) is 2.99. The van der Waals surface area contributed by atoms with Crippen LogP contribution in [0.25, 0.3) is 0 Å². The van der Waals surface area contributed by atoms with Crippen LogP contribution in [0.2, 0.25) is 10.0 Å². The van der Waals surface area contributed by atoms with E-state index in [0.29, 0.717) is 22.5 Å². The molecular weight excluding hydrogens is 319 g/mol. The molecule has 3 N–H and O–H groups in total. The van der Waals surface area contributed by atoms with Crippen molar-refractivity contribution in [3.63, 3.8) is 0 Å². The largest absolute Gasteiger partial charge is 0.300 e. The van der Waals surface area contributed by atoms with E-state index in [9.17, 15) is 0 Å². The number of hydrogen-bond donors (Lipinski definition) is 2. The van der Waals surface area contributed by atoms with E-state index in [-0.39, 0.29) is 5.54 Å². The van der Waals surface area contributed by atoms with Crippen LogP contribution in [-0.4, -0.2) is 12.5 Å². The molecule has 1 atom stereocenters. The van der Waals surface area contributed by atoms with Gasteiger partial charge in [0.15, 0.2) is 0 Å². The predicted molar refractivity (Wildman–Crippen MR) is 92.4 cm³/mol. The van der Waals surface area contributed by atoms with Gasteiger partial charge in [-0.05, 0) is 48.9 Å². The van der Waals surface area contributed by atoms with Crippen LogP contribution in [0.5, 0.6) is 0 Å². The molecule has 3 rings (SSSR count). The Morgan fingerprint density at radius 2 is 1.59 bits per heavy atom. The van der Waals surface area contributed by atoms with Crippen LogP contribution in [0, 0.1) is 0 Å². The van der Waals surface area contributed by atoms with Gasteiger partial charge >= 0.3 is 0 Å². The first kappa shape index (κ1) is 15.2. The molecule has 2 aromatic rings. The molecule has 0 aromatic heterocycles. The zero-order chi connectivity index (χ0) is 15.7. The van der Waals surface area contributed by atoms with Gasteiger partial charge in [-0.2, -0.15) is 0 Å². The maximum atomic E-state index is 6.00. The van der Waals surface area contributed by atoms with Gasteiger partial charge in [-0.15, -0.1) is 0 Å². The number of nitrogens with two attached hydrogens (primary N) is 1. The lowest BCUT2D eigenvalue weighted by Crippen LogP contribution is -2.51. The first-order chi connectivity index (χ1) is 10.5. The second-order valence-corrected chi connectivity index (χ2v) is 6.25. The summed E-state index contributed by atoms with van der Waals surface area (Å²) >= 11 is 12.0. The van der Waals surface area contributed by atoms with Gasteiger partial charge in [-0.3, -0.25) is 10.3 Å². The molecule has 1 heterocycles. The van der Waals surface area contributed by atoms with Crippen molar-refractivity contribution in [2.75, 3.05) is 11.4 Å². The highest BCUT2D eigenvalue weighted by Gasteiger charge is 2.41. The molecule has 0 saturated carbocycles. The lowest BCUT2D eigenvalue weighted by molar-refractivity contribution is 0.531. The van der Waals surface area contributed by atoms with Gasteiger partial charge in [0.1, 0.15) is 0 Å². The summed E-state index contributed by atoms with van der Waals surface area (Å²) in [6.07, 6.45) is 0. The second-order valence-electron chi connectivity index (χ2n) is 5.38. The molecule has 1 aliphatic rings. The number of nitrogens with one attached hydrogen (secondary N) is 1. The molecule has 22 heavy (non-hydrogen) atoms. The van der Waals surface area contributed by atoms with Gasteiger partial charge in [0.2, 0.25) is 5.96 Å². The third kappa shape index (κ3) is 2.54. The third-order valence-electron chi connectivity index (χ3n) is 3.92. The minimum Gasteiger partial charge on any atom is -0.300 e. The molecule has 114 valence electrons. The minimum absolute atomic E-state index is 0.347. The Labute approximate surface area is 139 Å². The number of halogens is 2. The smallest absolute Gasteiger partial charge is 0.213 e. The number of hydrazine groups is 1. The summed E-state index contributed by atoms with van der Waals surface area (Å²) in [5.74, 6) is 6.27. The van der Waals surface area contributed by atoms with Crippen molar-refractivity contribution in [1.82, 2.24) is 5.43 Å². The number of guanidine groups is 1. The van der Waals surface area contributed by atoms with Crippen LogP contribution < -0.4 is 16.2 Å². The molecule has 0 amide bonds. The van der Waals surface area contributed by atoms with E-state index >= 15 is 0 Å². The molecule has 0 aliphatic carbocycles. The highest BCUT2D eigenvalue weighted by molar-refractivity contribution is 6.30. The van der Waals surface area contributed by atoms with Crippen molar-refractivity contribution < 1.29 is 0 Å². The Bertz CT molecular complexity index is 697. The second kappa shape index (κ2) is 5.80. The molecule has 0 radical (unpaired) electrons. The SMILES string of the molecule is CC1(c2ccc(Cl)cc2)CN=C(NN)N1c1ccc(Cl)cc1. The van der Waals surface area contributed by atoms with Crippen molar-refractivity contribution >= 4 is 34.8 Å². The quantitative estimate of drug-likeness (QED) is 0.652. The van der Waals surface area contributed by atoms with Crippen molar-refractivity contribution in [2.24, 2.45) is 10.8 Å². The average Bonchev–Trinajstić information content (AvgIpc) is 2.87. The fourth-order valence-electron chi connectivity index (χ4n) is 2.74. The Balaban J connectivity index is 2.06. The van der Waals surface area contributed by atoms with Crippen molar-refractivity contribution in [3.05, 3.63) is 64.1 Å². The molecule has 1 unspecified atom stereocenters. The van der Waals surface area contributed by atoms with Gasteiger partial charge in [-0.25, -0.2) is 10.8 Å². The maximum absolute atomic E-state index is 6.00. The highest BCUT2D eigenvalue weighted by Crippen LogP contribution is 2.37. The van der Waals surface area contributed by atoms with Crippen molar-refractivity contribution in [2.45, 2.75) is 12.5 Å². The molecule has 1 aliphatic heterocycles. The molecule has 0 saturated heterocycles. The summed E-state index contributed by atoms with van der Waals surface area (Å²) in [6, 6.07) is 15.4. The highest BCUT2D eigenvalue weighted by atomic mass is 35.5. The van der Waals surface area contributed by atoms with Crippen LogP contribution >= 0.6 is 23.2 Å². The van der Waals surface area contributed by atoms with Gasteiger partial charge in [-0.1, -0.05) is 35.3 Å². The molecule has 0 spiro atoms. The number of benzene rings is 2.